The Bertz CT molecular complexity index is 568. The first kappa shape index (κ1) is 17.2. The summed E-state index contributed by atoms with van der Waals surface area (Å²) in [4.78, 5) is 46.3. The van der Waals surface area contributed by atoms with E-state index in [0.29, 0.717) is 0 Å². The van der Waals surface area contributed by atoms with Crippen LogP contribution >= 0.6 is 0 Å². The van der Waals surface area contributed by atoms with Crippen molar-refractivity contribution in [2.45, 2.75) is 26.7 Å². The summed E-state index contributed by atoms with van der Waals surface area (Å²) in [6.07, 6.45) is -0.0534. The van der Waals surface area contributed by atoms with Crippen LogP contribution in [0, 0.1) is 40.9 Å². The topological polar surface area (TPSA) is 149 Å². The number of carboxylic acid groups (broad SMARTS) is 4. The normalized spacial score (nSPS) is 42.2. The molecule has 0 bridgehead atoms. The van der Waals surface area contributed by atoms with Gasteiger partial charge in [0.05, 0.1) is 23.2 Å². The number of hydrogen-bond donors (Lipinski definition) is 4. The standard InChI is InChI=1S/C15H20O8/c1-3-15(14(22)23)9-5(2)8(12(18)19)6(11(16)17)4-7(9)10(15)13(20)21/h5-10H,3-4H2,1-2H3,(H,16,17)(H,18,19)(H,20,21)(H,22,23). The van der Waals surface area contributed by atoms with E-state index in [1.54, 1.807) is 6.92 Å². The molecule has 8 nitrogen and oxygen atoms in total. The third-order valence-electron chi connectivity index (χ3n) is 5.98. The zero-order valence-electron chi connectivity index (χ0n) is 12.8. The van der Waals surface area contributed by atoms with Crippen molar-refractivity contribution < 1.29 is 39.6 Å². The van der Waals surface area contributed by atoms with Gasteiger partial charge in [0.25, 0.3) is 0 Å². The van der Waals surface area contributed by atoms with Gasteiger partial charge in [0, 0.05) is 0 Å². The monoisotopic (exact) mass is 328 g/mol. The van der Waals surface area contributed by atoms with Crippen LogP contribution in [0.5, 0.6) is 0 Å². The second-order valence-corrected chi connectivity index (χ2v) is 6.61. The number of hydrogen-bond acceptors (Lipinski definition) is 4. The maximum Gasteiger partial charge on any atom is 0.310 e. The molecule has 7 atom stereocenters. The Kier molecular flexibility index (Phi) is 4.13. The maximum absolute atomic E-state index is 11.8. The molecule has 0 aromatic heterocycles. The third kappa shape index (κ3) is 2.11. The second kappa shape index (κ2) is 5.50. The summed E-state index contributed by atoms with van der Waals surface area (Å²) in [5, 5.41) is 37.8. The maximum atomic E-state index is 11.8. The molecule has 0 saturated heterocycles. The molecular formula is C15H20O8. The fourth-order valence-corrected chi connectivity index (χ4v) is 5.17. The summed E-state index contributed by atoms with van der Waals surface area (Å²) in [6.45, 7) is 3.10. The minimum Gasteiger partial charge on any atom is -0.481 e. The molecule has 23 heavy (non-hydrogen) atoms. The molecule has 2 aliphatic carbocycles. The summed E-state index contributed by atoms with van der Waals surface area (Å²) >= 11 is 0. The highest BCUT2D eigenvalue weighted by atomic mass is 16.4. The molecule has 0 amide bonds. The van der Waals surface area contributed by atoms with Gasteiger partial charge in [-0.15, -0.1) is 0 Å². The first-order valence-corrected chi connectivity index (χ1v) is 7.53. The molecule has 2 aliphatic rings. The molecule has 2 saturated carbocycles. The van der Waals surface area contributed by atoms with Crippen molar-refractivity contribution in [1.82, 2.24) is 0 Å². The second-order valence-electron chi connectivity index (χ2n) is 6.61. The lowest BCUT2D eigenvalue weighted by molar-refractivity contribution is -0.227. The quantitative estimate of drug-likeness (QED) is 0.580. The van der Waals surface area contributed by atoms with E-state index in [4.69, 9.17) is 0 Å². The highest BCUT2D eigenvalue weighted by Gasteiger charge is 2.72. The lowest BCUT2D eigenvalue weighted by Gasteiger charge is -2.63. The van der Waals surface area contributed by atoms with E-state index in [-0.39, 0.29) is 12.8 Å². The van der Waals surface area contributed by atoms with Gasteiger partial charge in [0.2, 0.25) is 0 Å². The molecule has 0 spiro atoms. The number of carbonyl (C=O) groups is 4. The van der Waals surface area contributed by atoms with Crippen LogP contribution in [0.3, 0.4) is 0 Å². The van der Waals surface area contributed by atoms with Gasteiger partial charge in [-0.25, -0.2) is 0 Å². The Hall–Kier alpha value is -2.12. The van der Waals surface area contributed by atoms with Crippen molar-refractivity contribution in [1.29, 1.82) is 0 Å². The number of aliphatic carboxylic acids is 4. The van der Waals surface area contributed by atoms with E-state index < -0.39 is 64.8 Å². The highest BCUT2D eigenvalue weighted by molar-refractivity contribution is 5.88. The van der Waals surface area contributed by atoms with Crippen LogP contribution in [0.1, 0.15) is 26.7 Å². The van der Waals surface area contributed by atoms with Gasteiger partial charge >= 0.3 is 23.9 Å². The summed E-state index contributed by atoms with van der Waals surface area (Å²) < 4.78 is 0. The van der Waals surface area contributed by atoms with E-state index in [1.165, 1.54) is 6.92 Å². The van der Waals surface area contributed by atoms with E-state index in [2.05, 4.69) is 0 Å². The molecule has 4 N–H and O–H groups in total. The van der Waals surface area contributed by atoms with E-state index in [9.17, 15) is 39.6 Å². The predicted octanol–water partition coefficient (Wildman–Crippen LogP) is 0.856. The van der Waals surface area contributed by atoms with Crippen molar-refractivity contribution in [3.05, 3.63) is 0 Å². The van der Waals surface area contributed by atoms with Crippen molar-refractivity contribution in [3.63, 3.8) is 0 Å². The fraction of sp³-hybridized carbons (Fsp3) is 0.733. The Morgan fingerprint density at radius 1 is 1.00 bits per heavy atom. The molecule has 0 aromatic rings. The average molecular weight is 328 g/mol. The van der Waals surface area contributed by atoms with Crippen LogP contribution in [0.4, 0.5) is 0 Å². The predicted molar refractivity (Wildman–Crippen MR) is 74.5 cm³/mol. The summed E-state index contributed by atoms with van der Waals surface area (Å²) in [6, 6.07) is 0. The molecule has 0 heterocycles. The molecule has 7 unspecified atom stereocenters. The van der Waals surface area contributed by atoms with Crippen LogP contribution in [0.25, 0.3) is 0 Å². The SMILES string of the molecule is CCC1(C(=O)O)C(C(=O)O)C2CC(C(=O)O)C(C(=O)O)C(C)C21. The van der Waals surface area contributed by atoms with Gasteiger partial charge < -0.3 is 20.4 Å². The minimum absolute atomic E-state index is 0.0644. The number of carboxylic acids is 4. The van der Waals surface area contributed by atoms with Crippen molar-refractivity contribution >= 4 is 23.9 Å². The van der Waals surface area contributed by atoms with Crippen LogP contribution in [0.2, 0.25) is 0 Å². The van der Waals surface area contributed by atoms with E-state index in [1.807, 2.05) is 0 Å². The van der Waals surface area contributed by atoms with E-state index >= 15 is 0 Å². The average Bonchev–Trinajstić information content (AvgIpc) is 2.38. The Morgan fingerprint density at radius 3 is 1.91 bits per heavy atom. The number of rotatable bonds is 5. The Labute approximate surface area is 132 Å². The molecule has 0 aromatic carbocycles. The lowest BCUT2D eigenvalue weighted by atomic mass is 9.37. The smallest absolute Gasteiger partial charge is 0.310 e. The first-order valence-electron chi connectivity index (χ1n) is 7.53. The third-order valence-corrected chi connectivity index (χ3v) is 5.98. The highest BCUT2D eigenvalue weighted by Crippen LogP contribution is 2.67. The van der Waals surface area contributed by atoms with Crippen LogP contribution in [0.15, 0.2) is 0 Å². The fourth-order valence-electron chi connectivity index (χ4n) is 5.17. The van der Waals surface area contributed by atoms with Gasteiger partial charge in [-0.2, -0.15) is 0 Å². The van der Waals surface area contributed by atoms with Gasteiger partial charge in [0.1, 0.15) is 0 Å². The summed E-state index contributed by atoms with van der Waals surface area (Å²) in [5.41, 5.74) is -1.53. The van der Waals surface area contributed by atoms with Crippen LogP contribution in [-0.2, 0) is 19.2 Å². The molecule has 2 fully saturated rings. The lowest BCUT2D eigenvalue weighted by Crippen LogP contribution is -2.69. The van der Waals surface area contributed by atoms with E-state index in [0.717, 1.165) is 0 Å². The first-order chi connectivity index (χ1) is 10.6. The minimum atomic E-state index is -1.53. The van der Waals surface area contributed by atoms with Gasteiger partial charge in [-0.1, -0.05) is 13.8 Å². The molecule has 2 rings (SSSR count). The zero-order valence-corrected chi connectivity index (χ0v) is 12.8. The van der Waals surface area contributed by atoms with Crippen molar-refractivity contribution in [2.24, 2.45) is 40.9 Å². The number of fused-ring (bicyclic) bond motifs is 1. The Morgan fingerprint density at radius 2 is 1.57 bits per heavy atom. The molecule has 0 radical (unpaired) electrons. The summed E-state index contributed by atoms with van der Waals surface area (Å²) in [7, 11) is 0. The van der Waals surface area contributed by atoms with Crippen LogP contribution in [-0.4, -0.2) is 44.3 Å². The largest absolute Gasteiger partial charge is 0.481 e. The molecule has 8 heteroatoms. The van der Waals surface area contributed by atoms with Gasteiger partial charge in [0.15, 0.2) is 0 Å². The summed E-state index contributed by atoms with van der Waals surface area (Å²) in [5.74, 6) is -10.7. The molecular weight excluding hydrogens is 308 g/mol. The van der Waals surface area contributed by atoms with Crippen molar-refractivity contribution in [2.75, 3.05) is 0 Å². The molecule has 128 valence electrons. The van der Waals surface area contributed by atoms with Gasteiger partial charge in [-0.3, -0.25) is 19.2 Å². The van der Waals surface area contributed by atoms with Gasteiger partial charge in [-0.05, 0) is 30.6 Å². The molecule has 0 aliphatic heterocycles. The van der Waals surface area contributed by atoms with Crippen molar-refractivity contribution in [3.8, 4) is 0 Å². The zero-order chi connectivity index (χ0) is 17.7. The Balaban J connectivity index is 2.52. The van der Waals surface area contributed by atoms with Crippen LogP contribution < -0.4 is 0 Å².